The lowest BCUT2D eigenvalue weighted by Gasteiger charge is -2.12. The molecule has 3 aromatic carbocycles. The minimum Gasteiger partial charge on any atom is -0.204 e. The van der Waals surface area contributed by atoms with Crippen LogP contribution >= 0.6 is 0 Å². The van der Waals surface area contributed by atoms with Crippen molar-refractivity contribution in [2.24, 2.45) is 0 Å². The summed E-state index contributed by atoms with van der Waals surface area (Å²) < 4.78 is 135. The maximum atomic E-state index is 14.1. The quantitative estimate of drug-likeness (QED) is 0.279. The molecule has 0 N–H and O–H groups in total. The van der Waals surface area contributed by atoms with Crippen LogP contribution in [0, 0.1) is 58.2 Å². The summed E-state index contributed by atoms with van der Waals surface area (Å²) in [5.74, 6) is -22.9. The Morgan fingerprint density at radius 3 is 1.42 bits per heavy atom. The van der Waals surface area contributed by atoms with Crippen molar-refractivity contribution in [1.82, 2.24) is 0 Å². The number of halogens is 10. The second-order valence-electron chi connectivity index (χ2n) is 5.08. The summed E-state index contributed by atoms with van der Waals surface area (Å²) in [4.78, 5) is 0. The first-order valence-electron chi connectivity index (χ1n) is 6.54. The highest BCUT2D eigenvalue weighted by atomic mass is 19.2. The van der Waals surface area contributed by atoms with Gasteiger partial charge in [-0.1, -0.05) is 0 Å². The van der Waals surface area contributed by atoms with Gasteiger partial charge in [0.05, 0.1) is 10.9 Å². The summed E-state index contributed by atoms with van der Waals surface area (Å²) in [6, 6.07) is 0.406. The molecule has 0 bridgehead atoms. The number of hydrogen-bond acceptors (Lipinski definition) is 0. The van der Waals surface area contributed by atoms with E-state index in [1.54, 1.807) is 0 Å². The largest absolute Gasteiger partial charge is 0.204 e. The normalized spacial score (nSPS) is 11.5. The van der Waals surface area contributed by atoms with E-state index in [9.17, 15) is 43.9 Å². The highest BCUT2D eigenvalue weighted by Gasteiger charge is 2.30. The number of rotatable bonds is 1. The van der Waals surface area contributed by atoms with Crippen LogP contribution in [0.15, 0.2) is 12.1 Å². The van der Waals surface area contributed by atoms with Crippen LogP contribution in [-0.4, -0.2) is 0 Å². The van der Waals surface area contributed by atoms with E-state index >= 15 is 0 Å². The summed E-state index contributed by atoms with van der Waals surface area (Å²) in [6.45, 7) is 0. The molecule has 0 atom stereocenters. The average Bonchev–Trinajstić information content (AvgIpc) is 2.60. The Labute approximate surface area is 137 Å². The number of hydrogen-bond donors (Lipinski definition) is 0. The SMILES string of the molecule is Fc1cc2cc(-c3c(F)c(F)c(F)c(F)c3F)c(F)c(F)c2c(F)c1F. The summed E-state index contributed by atoms with van der Waals surface area (Å²) in [6.07, 6.45) is 0. The first kappa shape index (κ1) is 18.0. The van der Waals surface area contributed by atoms with Gasteiger partial charge in [-0.2, -0.15) is 0 Å². The van der Waals surface area contributed by atoms with Crippen molar-refractivity contribution >= 4 is 10.8 Å². The summed E-state index contributed by atoms with van der Waals surface area (Å²) in [7, 11) is 0. The van der Waals surface area contributed by atoms with Crippen LogP contribution in [0.5, 0.6) is 0 Å². The van der Waals surface area contributed by atoms with Crippen LogP contribution in [0.2, 0.25) is 0 Å². The third-order valence-electron chi connectivity index (χ3n) is 3.62. The minimum absolute atomic E-state index is 0.172. The van der Waals surface area contributed by atoms with Crippen molar-refractivity contribution in [3.05, 3.63) is 70.3 Å². The maximum absolute atomic E-state index is 14.1. The molecule has 0 aliphatic rings. The second kappa shape index (κ2) is 5.89. The molecule has 0 amide bonds. The van der Waals surface area contributed by atoms with Crippen LogP contribution in [0.3, 0.4) is 0 Å². The molecular formula is C16H2F10. The molecule has 0 nitrogen and oxygen atoms in total. The molecular weight excluding hydrogens is 382 g/mol. The van der Waals surface area contributed by atoms with Crippen LogP contribution in [0.4, 0.5) is 43.9 Å². The van der Waals surface area contributed by atoms with Gasteiger partial charge in [-0.3, -0.25) is 0 Å². The van der Waals surface area contributed by atoms with Gasteiger partial charge in [-0.05, 0) is 17.5 Å². The van der Waals surface area contributed by atoms with Crippen LogP contribution in [0.25, 0.3) is 21.9 Å². The van der Waals surface area contributed by atoms with Crippen molar-refractivity contribution in [3.63, 3.8) is 0 Å². The molecule has 0 fully saturated rings. The van der Waals surface area contributed by atoms with E-state index in [1.165, 1.54) is 0 Å². The van der Waals surface area contributed by atoms with E-state index in [4.69, 9.17) is 0 Å². The molecule has 0 saturated carbocycles. The minimum atomic E-state index is -2.54. The first-order chi connectivity index (χ1) is 12.1. The lowest BCUT2D eigenvalue weighted by molar-refractivity contribution is 0.380. The van der Waals surface area contributed by atoms with Gasteiger partial charge in [0.25, 0.3) is 0 Å². The van der Waals surface area contributed by atoms with Gasteiger partial charge in [0.15, 0.2) is 52.4 Å². The molecule has 3 aromatic rings. The topological polar surface area (TPSA) is 0 Å². The lowest BCUT2D eigenvalue weighted by atomic mass is 9.98. The highest BCUT2D eigenvalue weighted by molar-refractivity contribution is 5.89. The molecule has 0 saturated heterocycles. The molecule has 136 valence electrons. The van der Waals surface area contributed by atoms with Crippen molar-refractivity contribution < 1.29 is 43.9 Å². The monoisotopic (exact) mass is 384 g/mol. The van der Waals surface area contributed by atoms with Gasteiger partial charge in [0.1, 0.15) is 0 Å². The molecule has 10 heteroatoms. The summed E-state index contributed by atoms with van der Waals surface area (Å²) >= 11 is 0. The van der Waals surface area contributed by atoms with Crippen molar-refractivity contribution in [2.45, 2.75) is 0 Å². The fraction of sp³-hybridized carbons (Fsp3) is 0. The Balaban J connectivity index is 2.50. The van der Waals surface area contributed by atoms with Crippen molar-refractivity contribution in [2.75, 3.05) is 0 Å². The van der Waals surface area contributed by atoms with Crippen molar-refractivity contribution in [1.29, 1.82) is 0 Å². The highest BCUT2D eigenvalue weighted by Crippen LogP contribution is 2.37. The Kier molecular flexibility index (Phi) is 4.08. The van der Waals surface area contributed by atoms with Gasteiger partial charge in [0, 0.05) is 5.56 Å². The molecule has 3 rings (SSSR count). The zero-order valence-electron chi connectivity index (χ0n) is 11.9. The Morgan fingerprint density at radius 2 is 0.885 bits per heavy atom. The van der Waals surface area contributed by atoms with Crippen LogP contribution in [-0.2, 0) is 0 Å². The summed E-state index contributed by atoms with van der Waals surface area (Å²) in [5, 5.41) is -2.30. The molecule has 0 aromatic heterocycles. The number of benzene rings is 3. The van der Waals surface area contributed by atoms with E-state index in [0.717, 1.165) is 0 Å². The van der Waals surface area contributed by atoms with Crippen LogP contribution in [0.1, 0.15) is 0 Å². The molecule has 0 unspecified atom stereocenters. The third kappa shape index (κ3) is 2.31. The Morgan fingerprint density at radius 1 is 0.423 bits per heavy atom. The predicted molar refractivity (Wildman–Crippen MR) is 69.0 cm³/mol. The molecule has 0 spiro atoms. The standard InChI is InChI=1S/C16H2F10/c17-5-2-3-1-4(8(18)10(20)6(3)11(21)9(5)19)7-12(22)14(24)16(26)15(25)13(7)23/h1-2H. The smallest absolute Gasteiger partial charge is 0.200 e. The van der Waals surface area contributed by atoms with Gasteiger partial charge in [0.2, 0.25) is 5.82 Å². The van der Waals surface area contributed by atoms with Crippen LogP contribution < -0.4 is 0 Å². The van der Waals surface area contributed by atoms with E-state index in [0.29, 0.717) is 0 Å². The van der Waals surface area contributed by atoms with Gasteiger partial charge >= 0.3 is 0 Å². The fourth-order valence-corrected chi connectivity index (χ4v) is 2.42. The van der Waals surface area contributed by atoms with E-state index < -0.39 is 80.1 Å². The molecule has 0 heterocycles. The Bertz CT molecular complexity index is 1060. The molecule has 0 aliphatic carbocycles. The fourth-order valence-electron chi connectivity index (χ4n) is 2.42. The van der Waals surface area contributed by atoms with Crippen molar-refractivity contribution in [3.8, 4) is 11.1 Å². The van der Waals surface area contributed by atoms with E-state index in [2.05, 4.69) is 0 Å². The lowest BCUT2D eigenvalue weighted by Crippen LogP contribution is -2.06. The molecule has 0 radical (unpaired) electrons. The van der Waals surface area contributed by atoms with E-state index in [1.807, 2.05) is 0 Å². The number of fused-ring (bicyclic) bond motifs is 1. The molecule has 0 aliphatic heterocycles. The third-order valence-corrected chi connectivity index (χ3v) is 3.62. The zero-order valence-corrected chi connectivity index (χ0v) is 11.9. The predicted octanol–water partition coefficient (Wildman–Crippen LogP) is 5.90. The summed E-state index contributed by atoms with van der Waals surface area (Å²) in [5.41, 5.74) is -3.34. The molecule has 26 heavy (non-hydrogen) atoms. The van der Waals surface area contributed by atoms with Gasteiger partial charge in [-0.15, -0.1) is 0 Å². The van der Waals surface area contributed by atoms with E-state index in [-0.39, 0.29) is 12.1 Å². The zero-order chi connectivity index (χ0) is 19.5. The van der Waals surface area contributed by atoms with Gasteiger partial charge in [-0.25, -0.2) is 43.9 Å². The second-order valence-corrected chi connectivity index (χ2v) is 5.08. The van der Waals surface area contributed by atoms with Gasteiger partial charge < -0.3 is 0 Å². The Hall–Kier alpha value is -2.78. The maximum Gasteiger partial charge on any atom is 0.200 e. The average molecular weight is 384 g/mol. The first-order valence-corrected chi connectivity index (χ1v) is 6.54.